The number of imidazole rings is 1. The van der Waals surface area contributed by atoms with Gasteiger partial charge in [-0.15, -0.1) is 0 Å². The van der Waals surface area contributed by atoms with Crippen LogP contribution in [0.2, 0.25) is 5.02 Å². The van der Waals surface area contributed by atoms with Crippen LogP contribution >= 0.6 is 23.4 Å². The average molecular weight is 407 g/mol. The largest absolute Gasteiger partial charge is 0.333 e. The SMILES string of the molecule is Cn1ccnc1Sc1ccc(Cl)cc1NC(=O)CN1CCCCCCC1=O. The third-order valence-corrected chi connectivity index (χ3v) is 5.84. The number of carbonyl (C=O) groups is 2. The maximum Gasteiger partial charge on any atom is 0.244 e. The standard InChI is InChI=1S/C19H23ClN4O2S/c1-23-11-9-21-19(23)27-16-8-7-14(20)12-15(16)22-17(25)13-24-10-5-3-2-4-6-18(24)26/h7-9,11-12H,2-6,10,13H2,1H3,(H,22,25). The third-order valence-electron chi connectivity index (χ3n) is 4.45. The van der Waals surface area contributed by atoms with Gasteiger partial charge in [0.15, 0.2) is 5.16 Å². The van der Waals surface area contributed by atoms with Crippen molar-refractivity contribution in [3.63, 3.8) is 0 Å². The Morgan fingerprint density at radius 1 is 1.30 bits per heavy atom. The number of nitrogens with zero attached hydrogens (tertiary/aromatic N) is 3. The van der Waals surface area contributed by atoms with E-state index in [-0.39, 0.29) is 18.4 Å². The minimum absolute atomic E-state index is 0.0542. The van der Waals surface area contributed by atoms with Crippen molar-refractivity contribution in [2.75, 3.05) is 18.4 Å². The van der Waals surface area contributed by atoms with Gasteiger partial charge in [-0.25, -0.2) is 4.98 Å². The van der Waals surface area contributed by atoms with Crippen molar-refractivity contribution in [2.45, 2.75) is 42.2 Å². The molecule has 1 aromatic carbocycles. The summed E-state index contributed by atoms with van der Waals surface area (Å²) in [5.74, 6) is -0.161. The summed E-state index contributed by atoms with van der Waals surface area (Å²) in [5.41, 5.74) is 0.625. The zero-order valence-electron chi connectivity index (χ0n) is 15.3. The summed E-state index contributed by atoms with van der Waals surface area (Å²) in [5, 5.41) is 4.26. The zero-order valence-corrected chi connectivity index (χ0v) is 16.9. The number of hydrogen-bond acceptors (Lipinski definition) is 4. The fourth-order valence-corrected chi connectivity index (χ4v) is 4.03. The maximum absolute atomic E-state index is 12.6. The van der Waals surface area contributed by atoms with Crippen LogP contribution in [-0.4, -0.2) is 39.4 Å². The van der Waals surface area contributed by atoms with Crippen molar-refractivity contribution < 1.29 is 9.59 Å². The summed E-state index contributed by atoms with van der Waals surface area (Å²) in [4.78, 5) is 31.6. The second-order valence-electron chi connectivity index (χ2n) is 6.59. The van der Waals surface area contributed by atoms with Gasteiger partial charge in [0.1, 0.15) is 0 Å². The van der Waals surface area contributed by atoms with Crippen LogP contribution in [0.25, 0.3) is 0 Å². The lowest BCUT2D eigenvalue weighted by Gasteiger charge is -2.24. The highest BCUT2D eigenvalue weighted by molar-refractivity contribution is 7.99. The third kappa shape index (κ3) is 5.49. The Hall–Kier alpha value is -1.99. The van der Waals surface area contributed by atoms with Crippen LogP contribution in [0.5, 0.6) is 0 Å². The molecule has 2 aromatic rings. The van der Waals surface area contributed by atoms with E-state index in [2.05, 4.69) is 10.3 Å². The summed E-state index contributed by atoms with van der Waals surface area (Å²) in [6, 6.07) is 5.36. The van der Waals surface area contributed by atoms with Gasteiger partial charge >= 0.3 is 0 Å². The summed E-state index contributed by atoms with van der Waals surface area (Å²) < 4.78 is 1.91. The fourth-order valence-electron chi connectivity index (χ4n) is 2.98. The monoisotopic (exact) mass is 406 g/mol. The first-order chi connectivity index (χ1) is 13.0. The maximum atomic E-state index is 12.6. The molecule has 0 unspecified atom stereocenters. The molecular weight excluding hydrogens is 384 g/mol. The summed E-state index contributed by atoms with van der Waals surface area (Å²) in [7, 11) is 1.91. The number of aromatic nitrogens is 2. The summed E-state index contributed by atoms with van der Waals surface area (Å²) in [6.07, 6.45) is 8.14. The minimum Gasteiger partial charge on any atom is -0.333 e. The van der Waals surface area contributed by atoms with Crippen LogP contribution in [0.3, 0.4) is 0 Å². The number of hydrogen-bond donors (Lipinski definition) is 1. The minimum atomic E-state index is -0.215. The Labute approximate surface area is 168 Å². The van der Waals surface area contributed by atoms with Gasteiger partial charge in [0, 0.05) is 42.3 Å². The van der Waals surface area contributed by atoms with Crippen LogP contribution in [0, 0.1) is 0 Å². The molecule has 0 radical (unpaired) electrons. The molecule has 0 bridgehead atoms. The van der Waals surface area contributed by atoms with E-state index in [9.17, 15) is 9.59 Å². The van der Waals surface area contributed by atoms with Gasteiger partial charge in [-0.1, -0.05) is 24.4 Å². The number of likely N-dealkylation sites (tertiary alicyclic amines) is 1. The van der Waals surface area contributed by atoms with E-state index >= 15 is 0 Å². The number of benzene rings is 1. The molecule has 2 amide bonds. The van der Waals surface area contributed by atoms with Gasteiger partial charge in [0.05, 0.1) is 12.2 Å². The lowest BCUT2D eigenvalue weighted by Crippen LogP contribution is -2.39. The average Bonchev–Trinajstić information content (AvgIpc) is 3.02. The van der Waals surface area contributed by atoms with Crippen molar-refractivity contribution in [3.8, 4) is 0 Å². The lowest BCUT2D eigenvalue weighted by molar-refractivity contribution is -0.135. The Kier molecular flexibility index (Phi) is 6.79. The number of anilines is 1. The van der Waals surface area contributed by atoms with E-state index in [1.54, 1.807) is 23.2 Å². The van der Waals surface area contributed by atoms with E-state index in [1.807, 2.05) is 23.9 Å². The first kappa shape index (κ1) is 19.8. The molecule has 1 saturated heterocycles. The Morgan fingerprint density at radius 3 is 2.89 bits per heavy atom. The first-order valence-electron chi connectivity index (χ1n) is 9.05. The van der Waals surface area contributed by atoms with Crippen molar-refractivity contribution in [1.82, 2.24) is 14.5 Å². The van der Waals surface area contributed by atoms with E-state index in [0.717, 1.165) is 35.7 Å². The van der Waals surface area contributed by atoms with Gasteiger partial charge in [-0.2, -0.15) is 0 Å². The highest BCUT2D eigenvalue weighted by atomic mass is 35.5. The molecule has 0 saturated carbocycles. The van der Waals surface area contributed by atoms with Crippen molar-refractivity contribution in [2.24, 2.45) is 7.05 Å². The molecule has 0 atom stereocenters. The van der Waals surface area contributed by atoms with Crippen molar-refractivity contribution in [1.29, 1.82) is 0 Å². The van der Waals surface area contributed by atoms with Crippen LogP contribution in [0.1, 0.15) is 32.1 Å². The van der Waals surface area contributed by atoms with E-state index in [0.29, 0.717) is 23.7 Å². The number of halogens is 1. The predicted molar refractivity (Wildman–Crippen MR) is 107 cm³/mol. The van der Waals surface area contributed by atoms with Crippen LogP contribution in [0.4, 0.5) is 5.69 Å². The van der Waals surface area contributed by atoms with Gasteiger partial charge in [-0.05, 0) is 42.8 Å². The zero-order chi connectivity index (χ0) is 19.2. The molecule has 1 aliphatic heterocycles. The molecule has 1 aliphatic rings. The molecule has 6 nitrogen and oxygen atoms in total. The molecule has 0 aliphatic carbocycles. The normalized spacial score (nSPS) is 15.3. The lowest BCUT2D eigenvalue weighted by atomic mass is 10.1. The molecule has 8 heteroatoms. The van der Waals surface area contributed by atoms with E-state index < -0.39 is 0 Å². The highest BCUT2D eigenvalue weighted by Crippen LogP contribution is 2.34. The molecule has 1 fully saturated rings. The smallest absolute Gasteiger partial charge is 0.244 e. The van der Waals surface area contributed by atoms with Gasteiger partial charge < -0.3 is 14.8 Å². The molecule has 27 heavy (non-hydrogen) atoms. The second kappa shape index (κ2) is 9.28. The Morgan fingerprint density at radius 2 is 2.11 bits per heavy atom. The molecule has 0 spiro atoms. The number of aryl methyl sites for hydroxylation is 1. The second-order valence-corrected chi connectivity index (χ2v) is 8.04. The van der Waals surface area contributed by atoms with Crippen LogP contribution in [-0.2, 0) is 16.6 Å². The summed E-state index contributed by atoms with van der Waals surface area (Å²) in [6.45, 7) is 0.703. The molecule has 144 valence electrons. The molecule has 1 aromatic heterocycles. The van der Waals surface area contributed by atoms with Gasteiger partial charge in [0.2, 0.25) is 11.8 Å². The quantitative estimate of drug-likeness (QED) is 0.816. The fraction of sp³-hybridized carbons (Fsp3) is 0.421. The number of carbonyl (C=O) groups excluding carboxylic acids is 2. The van der Waals surface area contributed by atoms with E-state index in [4.69, 9.17) is 11.6 Å². The van der Waals surface area contributed by atoms with Gasteiger partial charge in [0.25, 0.3) is 0 Å². The molecule has 2 heterocycles. The number of nitrogens with one attached hydrogen (secondary N) is 1. The van der Waals surface area contributed by atoms with Crippen LogP contribution < -0.4 is 5.32 Å². The van der Waals surface area contributed by atoms with Gasteiger partial charge in [-0.3, -0.25) is 9.59 Å². The van der Waals surface area contributed by atoms with E-state index in [1.165, 1.54) is 11.8 Å². The topological polar surface area (TPSA) is 67.2 Å². The molecule has 3 rings (SSSR count). The first-order valence-corrected chi connectivity index (χ1v) is 10.2. The van der Waals surface area contributed by atoms with Crippen molar-refractivity contribution >= 4 is 40.9 Å². The predicted octanol–water partition coefficient (Wildman–Crippen LogP) is 3.96. The Balaban J connectivity index is 1.70. The molecular formula is C19H23ClN4O2S. The summed E-state index contributed by atoms with van der Waals surface area (Å²) >= 11 is 7.57. The Bertz CT molecular complexity index is 824. The number of amides is 2. The highest BCUT2D eigenvalue weighted by Gasteiger charge is 2.19. The number of rotatable bonds is 5. The van der Waals surface area contributed by atoms with Crippen molar-refractivity contribution in [3.05, 3.63) is 35.6 Å². The van der Waals surface area contributed by atoms with Crippen LogP contribution in [0.15, 0.2) is 40.6 Å². The molecule has 1 N–H and O–H groups in total.